The summed E-state index contributed by atoms with van der Waals surface area (Å²) in [5.74, 6) is -1.42. The van der Waals surface area contributed by atoms with Gasteiger partial charge in [-0.25, -0.2) is 0 Å². The van der Waals surface area contributed by atoms with Crippen molar-refractivity contribution < 1.29 is 40.7 Å². The predicted molar refractivity (Wildman–Crippen MR) is 125 cm³/mol. The largest absolute Gasteiger partial charge is 0.466 e. The van der Waals surface area contributed by atoms with Gasteiger partial charge in [0.25, 0.3) is 5.91 Å². The molecule has 1 amide bonds. The third-order valence-electron chi connectivity index (χ3n) is 6.06. The Morgan fingerprint density at radius 1 is 1.00 bits per heavy atom. The van der Waals surface area contributed by atoms with Gasteiger partial charge in [-0.3, -0.25) is 9.59 Å². The first-order valence-corrected chi connectivity index (χ1v) is 11.6. The number of hydrogen-bond acceptors (Lipinski definition) is 3. The van der Waals surface area contributed by atoms with E-state index in [2.05, 4.69) is 4.98 Å². The van der Waals surface area contributed by atoms with Gasteiger partial charge in [-0.1, -0.05) is 18.2 Å². The first-order valence-electron chi connectivity index (χ1n) is 11.6. The number of halogens is 6. The lowest BCUT2D eigenvalue weighted by Gasteiger charge is -2.29. The minimum Gasteiger partial charge on any atom is -0.466 e. The lowest BCUT2D eigenvalue weighted by Crippen LogP contribution is -2.39. The van der Waals surface area contributed by atoms with Crippen molar-refractivity contribution >= 4 is 22.8 Å². The number of hydrogen-bond donors (Lipinski definition) is 1. The molecule has 37 heavy (non-hydrogen) atoms. The molecule has 1 unspecified atom stereocenters. The number of nitrogens with one attached hydrogen (secondary N) is 1. The molecule has 0 aliphatic rings. The van der Waals surface area contributed by atoms with Gasteiger partial charge in [0.1, 0.15) is 0 Å². The van der Waals surface area contributed by atoms with Crippen LogP contribution in [-0.4, -0.2) is 41.5 Å². The molecule has 5 nitrogen and oxygen atoms in total. The standard InChI is InChI=1S/C26H26F6N2O3/c1-3-37-23(35)10-6-7-20(13-17-15-33-22-9-5-4-8-21(17)22)34(2)24(36)16-11-18(25(27,28)29)14-19(12-16)26(30,31)32/h4-5,8-9,11-12,14-15,20,33H,3,6-7,10,13H2,1-2H3. The Bertz CT molecular complexity index is 1220. The van der Waals surface area contributed by atoms with E-state index >= 15 is 0 Å². The predicted octanol–water partition coefficient (Wildman–Crippen LogP) is 6.62. The molecule has 0 aliphatic carbocycles. The number of H-pyrrole nitrogens is 1. The summed E-state index contributed by atoms with van der Waals surface area (Å²) < 4.78 is 84.9. The Labute approximate surface area is 209 Å². The van der Waals surface area contributed by atoms with E-state index in [9.17, 15) is 35.9 Å². The zero-order valence-electron chi connectivity index (χ0n) is 20.2. The fourth-order valence-electron chi connectivity index (χ4n) is 4.15. The maximum Gasteiger partial charge on any atom is 0.416 e. The van der Waals surface area contributed by atoms with E-state index in [1.807, 2.05) is 24.3 Å². The molecule has 2 aromatic carbocycles. The van der Waals surface area contributed by atoms with Gasteiger partial charge >= 0.3 is 18.3 Å². The quantitative estimate of drug-likeness (QED) is 0.251. The molecule has 200 valence electrons. The Morgan fingerprint density at radius 3 is 2.22 bits per heavy atom. The van der Waals surface area contributed by atoms with Crippen LogP contribution < -0.4 is 0 Å². The molecular formula is C26H26F6N2O3. The van der Waals surface area contributed by atoms with Crippen molar-refractivity contribution in [1.82, 2.24) is 9.88 Å². The summed E-state index contributed by atoms with van der Waals surface area (Å²) in [5.41, 5.74) is -2.19. The van der Waals surface area contributed by atoms with Crippen molar-refractivity contribution in [1.29, 1.82) is 0 Å². The summed E-state index contributed by atoms with van der Waals surface area (Å²) in [6.45, 7) is 1.86. The second-order valence-corrected chi connectivity index (χ2v) is 8.63. The van der Waals surface area contributed by atoms with E-state index in [-0.39, 0.29) is 31.9 Å². The SMILES string of the molecule is CCOC(=O)CCCC(Cc1c[nH]c2ccccc12)N(C)C(=O)c1cc(C(F)(F)F)cc(C(F)(F)F)c1. The highest BCUT2D eigenvalue weighted by Crippen LogP contribution is 2.36. The molecule has 1 heterocycles. The number of aromatic amines is 1. The van der Waals surface area contributed by atoms with Gasteiger partial charge in [0.05, 0.1) is 17.7 Å². The molecule has 0 spiro atoms. The number of fused-ring (bicyclic) bond motifs is 1. The van der Waals surface area contributed by atoms with Crippen LogP contribution in [0.4, 0.5) is 26.3 Å². The van der Waals surface area contributed by atoms with E-state index < -0.39 is 47.0 Å². The van der Waals surface area contributed by atoms with Gasteiger partial charge in [0.15, 0.2) is 0 Å². The van der Waals surface area contributed by atoms with Crippen LogP contribution in [0.15, 0.2) is 48.7 Å². The number of esters is 1. The van der Waals surface area contributed by atoms with Gasteiger partial charge in [-0.05, 0) is 56.0 Å². The van der Waals surface area contributed by atoms with Crippen LogP contribution >= 0.6 is 0 Å². The fourth-order valence-corrected chi connectivity index (χ4v) is 4.15. The molecule has 3 rings (SSSR count). The molecule has 0 radical (unpaired) electrons. The van der Waals surface area contributed by atoms with Crippen LogP contribution in [0.5, 0.6) is 0 Å². The van der Waals surface area contributed by atoms with E-state index in [0.29, 0.717) is 18.6 Å². The average Bonchev–Trinajstić information content (AvgIpc) is 3.24. The maximum absolute atomic E-state index is 13.3. The Balaban J connectivity index is 1.93. The Kier molecular flexibility index (Phi) is 8.55. The van der Waals surface area contributed by atoms with Gasteiger partial charge in [-0.15, -0.1) is 0 Å². The van der Waals surface area contributed by atoms with Crippen LogP contribution in [0.25, 0.3) is 10.9 Å². The number of para-hydroxylation sites is 1. The molecule has 11 heteroatoms. The van der Waals surface area contributed by atoms with Crippen molar-refractivity contribution in [2.24, 2.45) is 0 Å². The van der Waals surface area contributed by atoms with E-state index in [1.165, 1.54) is 7.05 Å². The lowest BCUT2D eigenvalue weighted by atomic mass is 9.97. The summed E-state index contributed by atoms with van der Waals surface area (Å²) in [5, 5.41) is 0.872. The molecule has 1 aromatic heterocycles. The second-order valence-electron chi connectivity index (χ2n) is 8.63. The van der Waals surface area contributed by atoms with E-state index in [0.717, 1.165) is 21.4 Å². The van der Waals surface area contributed by atoms with Crippen molar-refractivity contribution in [3.05, 3.63) is 70.9 Å². The number of carbonyl (C=O) groups excluding carboxylic acids is 2. The molecular weight excluding hydrogens is 502 g/mol. The minimum atomic E-state index is -5.07. The highest BCUT2D eigenvalue weighted by Gasteiger charge is 2.38. The lowest BCUT2D eigenvalue weighted by molar-refractivity contribution is -0.144. The van der Waals surface area contributed by atoms with Gasteiger partial charge in [-0.2, -0.15) is 26.3 Å². The first kappa shape index (κ1) is 28.1. The maximum atomic E-state index is 13.3. The minimum absolute atomic E-state index is 0.0143. The van der Waals surface area contributed by atoms with Crippen LogP contribution in [-0.2, 0) is 28.3 Å². The summed E-state index contributed by atoms with van der Waals surface area (Å²) in [7, 11) is 1.33. The molecule has 0 fully saturated rings. The number of rotatable bonds is 9. The monoisotopic (exact) mass is 528 g/mol. The van der Waals surface area contributed by atoms with Gasteiger partial charge < -0.3 is 14.6 Å². The van der Waals surface area contributed by atoms with Gasteiger partial charge in [0, 0.05) is 42.2 Å². The molecule has 3 aromatic rings. The average molecular weight is 528 g/mol. The normalized spacial score (nSPS) is 13.0. The summed E-state index contributed by atoms with van der Waals surface area (Å²) in [6, 6.07) is 7.59. The van der Waals surface area contributed by atoms with Crippen LogP contribution in [0.1, 0.15) is 53.2 Å². The molecule has 0 saturated heterocycles. The van der Waals surface area contributed by atoms with Gasteiger partial charge in [0.2, 0.25) is 0 Å². The van der Waals surface area contributed by atoms with E-state index in [4.69, 9.17) is 4.74 Å². The molecule has 1 atom stereocenters. The topological polar surface area (TPSA) is 62.4 Å². The molecule has 1 N–H and O–H groups in total. The highest BCUT2D eigenvalue weighted by molar-refractivity contribution is 5.95. The Hall–Kier alpha value is -3.50. The zero-order valence-corrected chi connectivity index (χ0v) is 20.2. The number of likely N-dealkylation sites (N-methyl/N-ethyl adjacent to an activating group) is 1. The first-order chi connectivity index (χ1) is 17.3. The van der Waals surface area contributed by atoms with Crippen molar-refractivity contribution in [3.63, 3.8) is 0 Å². The van der Waals surface area contributed by atoms with Crippen LogP contribution in [0, 0.1) is 0 Å². The van der Waals surface area contributed by atoms with Crippen LogP contribution in [0.2, 0.25) is 0 Å². The number of ether oxygens (including phenoxy) is 1. The third-order valence-corrected chi connectivity index (χ3v) is 6.06. The van der Waals surface area contributed by atoms with Crippen molar-refractivity contribution in [2.75, 3.05) is 13.7 Å². The van der Waals surface area contributed by atoms with Crippen molar-refractivity contribution in [3.8, 4) is 0 Å². The molecule has 0 aliphatic heterocycles. The molecule has 0 bridgehead atoms. The zero-order chi connectivity index (χ0) is 27.4. The van der Waals surface area contributed by atoms with E-state index in [1.54, 1.807) is 13.1 Å². The Morgan fingerprint density at radius 2 is 1.62 bits per heavy atom. The number of benzene rings is 2. The summed E-state index contributed by atoms with van der Waals surface area (Å²) in [6.07, 6.45) is -7.50. The fraction of sp³-hybridized carbons (Fsp3) is 0.385. The summed E-state index contributed by atoms with van der Waals surface area (Å²) in [4.78, 5) is 29.3. The highest BCUT2D eigenvalue weighted by atomic mass is 19.4. The third kappa shape index (κ3) is 7.05. The van der Waals surface area contributed by atoms with Crippen molar-refractivity contribution in [2.45, 2.75) is 51.0 Å². The number of aromatic nitrogens is 1. The molecule has 0 saturated carbocycles. The number of carbonyl (C=O) groups is 2. The second kappa shape index (κ2) is 11.3. The van der Waals surface area contributed by atoms with Crippen LogP contribution in [0.3, 0.4) is 0 Å². The number of nitrogens with zero attached hydrogens (tertiary/aromatic N) is 1. The summed E-state index contributed by atoms with van der Waals surface area (Å²) >= 11 is 0. The number of alkyl halides is 6. The smallest absolute Gasteiger partial charge is 0.416 e. The number of amides is 1.